The van der Waals surface area contributed by atoms with E-state index in [0.717, 1.165) is 0 Å². The van der Waals surface area contributed by atoms with Gasteiger partial charge in [0, 0.05) is 12.6 Å². The van der Waals surface area contributed by atoms with Gasteiger partial charge in [-0.05, 0) is 31.9 Å². The normalized spacial score (nSPS) is 11.6. The molecule has 0 unspecified atom stereocenters. The maximum absolute atomic E-state index is 14.2. The third-order valence-corrected chi connectivity index (χ3v) is 2.43. The zero-order valence-electron chi connectivity index (χ0n) is 10.8. The van der Waals surface area contributed by atoms with Crippen molar-refractivity contribution in [2.45, 2.75) is 32.4 Å². The number of hydrogen-bond donors (Lipinski definition) is 1. The summed E-state index contributed by atoms with van der Waals surface area (Å²) >= 11 is 0. The van der Waals surface area contributed by atoms with E-state index in [9.17, 15) is 4.39 Å². The average Bonchev–Trinajstić information content (AvgIpc) is 2.23. The summed E-state index contributed by atoms with van der Waals surface area (Å²) in [5.41, 5.74) is 6.49. The van der Waals surface area contributed by atoms with E-state index in [2.05, 4.69) is 0 Å². The van der Waals surface area contributed by atoms with E-state index in [4.69, 9.17) is 15.2 Å². The molecule has 17 heavy (non-hydrogen) atoms. The Morgan fingerprint density at radius 2 is 1.94 bits per heavy atom. The zero-order valence-corrected chi connectivity index (χ0v) is 10.8. The van der Waals surface area contributed by atoms with Crippen molar-refractivity contribution >= 4 is 0 Å². The fraction of sp³-hybridized carbons (Fsp3) is 0.538. The molecule has 0 amide bonds. The number of rotatable bonds is 5. The molecule has 0 saturated carbocycles. The first kappa shape index (κ1) is 13.9. The summed E-state index contributed by atoms with van der Waals surface area (Å²) in [7, 11) is 3.04. The molecule has 2 N–H and O–H groups in total. The lowest BCUT2D eigenvalue weighted by Gasteiger charge is -2.20. The van der Waals surface area contributed by atoms with Gasteiger partial charge < -0.3 is 15.2 Å². The standard InChI is InChI=1S/C13H20FNO2/c1-13(2,15)7-9-5-6-11(17-4)10(8-16-3)12(9)14/h5-6H,7-8,15H2,1-4H3. The molecule has 0 atom stereocenters. The third-order valence-electron chi connectivity index (χ3n) is 2.43. The number of ether oxygens (including phenoxy) is 2. The lowest BCUT2D eigenvalue weighted by atomic mass is 9.94. The molecule has 0 radical (unpaired) electrons. The molecule has 1 rings (SSSR count). The Balaban J connectivity index is 3.13. The first-order chi connectivity index (χ1) is 7.89. The summed E-state index contributed by atoms with van der Waals surface area (Å²) in [6.45, 7) is 3.92. The lowest BCUT2D eigenvalue weighted by Crippen LogP contribution is -2.34. The lowest BCUT2D eigenvalue weighted by molar-refractivity contribution is 0.177. The second-order valence-electron chi connectivity index (χ2n) is 4.82. The van der Waals surface area contributed by atoms with E-state index < -0.39 is 5.54 Å². The van der Waals surface area contributed by atoms with Crippen molar-refractivity contribution in [2.24, 2.45) is 5.73 Å². The zero-order chi connectivity index (χ0) is 13.1. The van der Waals surface area contributed by atoms with Gasteiger partial charge in [-0.1, -0.05) is 6.07 Å². The van der Waals surface area contributed by atoms with Crippen LogP contribution < -0.4 is 10.5 Å². The molecule has 3 nitrogen and oxygen atoms in total. The molecule has 1 aromatic carbocycles. The molecule has 96 valence electrons. The first-order valence-electron chi connectivity index (χ1n) is 5.51. The van der Waals surface area contributed by atoms with Gasteiger partial charge >= 0.3 is 0 Å². The van der Waals surface area contributed by atoms with Gasteiger partial charge in [-0.3, -0.25) is 0 Å². The van der Waals surface area contributed by atoms with Crippen molar-refractivity contribution in [1.29, 1.82) is 0 Å². The van der Waals surface area contributed by atoms with E-state index in [1.165, 1.54) is 14.2 Å². The molecular formula is C13H20FNO2. The van der Waals surface area contributed by atoms with Gasteiger partial charge in [-0.15, -0.1) is 0 Å². The van der Waals surface area contributed by atoms with Crippen LogP contribution in [0.1, 0.15) is 25.0 Å². The monoisotopic (exact) mass is 241 g/mol. The van der Waals surface area contributed by atoms with Gasteiger partial charge in [0.15, 0.2) is 0 Å². The highest BCUT2D eigenvalue weighted by molar-refractivity contribution is 5.39. The van der Waals surface area contributed by atoms with Crippen LogP contribution in [0.4, 0.5) is 4.39 Å². The van der Waals surface area contributed by atoms with Crippen LogP contribution in [-0.4, -0.2) is 19.8 Å². The molecule has 0 aromatic heterocycles. The molecule has 1 aromatic rings. The largest absolute Gasteiger partial charge is 0.496 e. The van der Waals surface area contributed by atoms with E-state index in [-0.39, 0.29) is 12.4 Å². The van der Waals surface area contributed by atoms with Crippen molar-refractivity contribution in [1.82, 2.24) is 0 Å². The predicted octanol–water partition coefficient (Wildman–Crippen LogP) is 2.26. The predicted molar refractivity (Wildman–Crippen MR) is 65.6 cm³/mol. The highest BCUT2D eigenvalue weighted by Gasteiger charge is 2.19. The van der Waals surface area contributed by atoms with Crippen LogP contribution in [0.5, 0.6) is 5.75 Å². The highest BCUT2D eigenvalue weighted by atomic mass is 19.1. The Hall–Kier alpha value is -1.13. The van der Waals surface area contributed by atoms with Gasteiger partial charge in [-0.2, -0.15) is 0 Å². The molecule has 4 heteroatoms. The topological polar surface area (TPSA) is 44.5 Å². The van der Waals surface area contributed by atoms with Gasteiger partial charge in [0.1, 0.15) is 11.6 Å². The Morgan fingerprint density at radius 1 is 1.29 bits per heavy atom. The van der Waals surface area contributed by atoms with E-state index in [1.54, 1.807) is 12.1 Å². The summed E-state index contributed by atoms with van der Waals surface area (Å²) in [4.78, 5) is 0. The molecule has 0 spiro atoms. The molecule has 0 aliphatic heterocycles. The SMILES string of the molecule is COCc1c(OC)ccc(CC(C)(C)N)c1F. The molecule has 0 saturated heterocycles. The molecular weight excluding hydrogens is 221 g/mol. The minimum atomic E-state index is -0.445. The minimum absolute atomic E-state index is 0.188. The fourth-order valence-corrected chi connectivity index (χ4v) is 1.75. The molecule has 0 aliphatic carbocycles. The Kier molecular flexibility index (Phi) is 4.48. The van der Waals surface area contributed by atoms with E-state index in [0.29, 0.717) is 23.3 Å². The summed E-state index contributed by atoms with van der Waals surface area (Å²) in [6, 6.07) is 3.46. The Morgan fingerprint density at radius 3 is 2.41 bits per heavy atom. The van der Waals surface area contributed by atoms with E-state index in [1.807, 2.05) is 13.8 Å². The van der Waals surface area contributed by atoms with Crippen LogP contribution in [0, 0.1) is 5.82 Å². The second-order valence-corrected chi connectivity index (χ2v) is 4.82. The van der Waals surface area contributed by atoms with E-state index >= 15 is 0 Å². The van der Waals surface area contributed by atoms with Crippen molar-refractivity contribution in [3.8, 4) is 5.75 Å². The fourth-order valence-electron chi connectivity index (χ4n) is 1.75. The number of hydrogen-bond acceptors (Lipinski definition) is 3. The van der Waals surface area contributed by atoms with Crippen molar-refractivity contribution in [3.63, 3.8) is 0 Å². The number of nitrogens with two attached hydrogens (primary N) is 1. The Bertz CT molecular complexity index is 386. The van der Waals surface area contributed by atoms with Crippen LogP contribution in [-0.2, 0) is 17.8 Å². The highest BCUT2D eigenvalue weighted by Crippen LogP contribution is 2.26. The molecule has 0 bridgehead atoms. The van der Waals surface area contributed by atoms with Crippen LogP contribution in [0.25, 0.3) is 0 Å². The summed E-state index contributed by atoms with van der Waals surface area (Å²) in [5, 5.41) is 0. The van der Waals surface area contributed by atoms with Crippen molar-refractivity contribution < 1.29 is 13.9 Å². The van der Waals surface area contributed by atoms with Crippen molar-refractivity contribution in [3.05, 3.63) is 29.1 Å². The van der Waals surface area contributed by atoms with Gasteiger partial charge in [-0.25, -0.2) is 4.39 Å². The minimum Gasteiger partial charge on any atom is -0.496 e. The molecule has 0 heterocycles. The van der Waals surface area contributed by atoms with Crippen molar-refractivity contribution in [2.75, 3.05) is 14.2 Å². The molecule has 0 aliphatic rings. The smallest absolute Gasteiger partial charge is 0.135 e. The van der Waals surface area contributed by atoms with Crippen LogP contribution >= 0.6 is 0 Å². The summed E-state index contributed by atoms with van der Waals surface area (Å²) < 4.78 is 24.3. The first-order valence-corrected chi connectivity index (χ1v) is 5.51. The summed E-state index contributed by atoms with van der Waals surface area (Å²) in [6.07, 6.45) is 0.472. The van der Waals surface area contributed by atoms with Gasteiger partial charge in [0.2, 0.25) is 0 Å². The average molecular weight is 241 g/mol. The van der Waals surface area contributed by atoms with Gasteiger partial charge in [0.05, 0.1) is 19.3 Å². The van der Waals surface area contributed by atoms with Crippen LogP contribution in [0.3, 0.4) is 0 Å². The molecule has 0 fully saturated rings. The number of halogens is 1. The van der Waals surface area contributed by atoms with Crippen LogP contribution in [0.15, 0.2) is 12.1 Å². The summed E-state index contributed by atoms with van der Waals surface area (Å²) in [5.74, 6) is 0.215. The Labute approximate surface area is 102 Å². The quantitative estimate of drug-likeness (QED) is 0.860. The maximum Gasteiger partial charge on any atom is 0.135 e. The second kappa shape index (κ2) is 5.47. The number of methoxy groups -OCH3 is 2. The maximum atomic E-state index is 14.2. The number of benzene rings is 1. The van der Waals surface area contributed by atoms with Gasteiger partial charge in [0.25, 0.3) is 0 Å². The van der Waals surface area contributed by atoms with Crippen LogP contribution in [0.2, 0.25) is 0 Å². The third kappa shape index (κ3) is 3.68.